The number of carbonyl (C=O) groups is 1. The lowest BCUT2D eigenvalue weighted by Gasteiger charge is -2.35. The molecule has 0 bridgehead atoms. The Kier molecular flexibility index (Phi) is 5.22. The molecule has 2 N–H and O–H groups in total. The van der Waals surface area contributed by atoms with Crippen LogP contribution < -0.4 is 10.6 Å². The number of halogens is 1. The SMILES string of the molecule is CCC(NC(=O)C1(C)CCCCN1)c1ccc(Br)cc1. The van der Waals surface area contributed by atoms with Gasteiger partial charge in [0.1, 0.15) is 0 Å². The maximum Gasteiger partial charge on any atom is 0.240 e. The van der Waals surface area contributed by atoms with Gasteiger partial charge in [0.05, 0.1) is 11.6 Å². The molecule has 2 atom stereocenters. The Hall–Kier alpha value is -0.870. The fourth-order valence-electron chi connectivity index (χ4n) is 2.68. The zero-order valence-corrected chi connectivity index (χ0v) is 13.8. The van der Waals surface area contributed by atoms with Gasteiger partial charge in [-0.15, -0.1) is 0 Å². The molecule has 1 aromatic rings. The van der Waals surface area contributed by atoms with Crippen LogP contribution in [-0.4, -0.2) is 18.0 Å². The molecular weight excluding hydrogens is 316 g/mol. The number of amides is 1. The van der Waals surface area contributed by atoms with Crippen molar-refractivity contribution in [3.8, 4) is 0 Å². The van der Waals surface area contributed by atoms with Crippen LogP contribution in [-0.2, 0) is 4.79 Å². The van der Waals surface area contributed by atoms with Crippen molar-refractivity contribution in [1.29, 1.82) is 0 Å². The smallest absolute Gasteiger partial charge is 0.240 e. The highest BCUT2D eigenvalue weighted by Gasteiger charge is 2.35. The van der Waals surface area contributed by atoms with Gasteiger partial charge in [0, 0.05) is 4.47 Å². The van der Waals surface area contributed by atoms with Crippen LogP contribution in [0.4, 0.5) is 0 Å². The summed E-state index contributed by atoms with van der Waals surface area (Å²) in [5, 5.41) is 6.56. The van der Waals surface area contributed by atoms with Gasteiger partial charge < -0.3 is 10.6 Å². The second kappa shape index (κ2) is 6.72. The number of carbonyl (C=O) groups excluding carboxylic acids is 1. The molecule has 1 saturated heterocycles. The van der Waals surface area contributed by atoms with Crippen molar-refractivity contribution in [2.24, 2.45) is 0 Å². The first-order valence-corrected chi connectivity index (χ1v) is 8.16. The summed E-state index contributed by atoms with van der Waals surface area (Å²) in [6, 6.07) is 8.25. The maximum absolute atomic E-state index is 12.5. The lowest BCUT2D eigenvalue weighted by Crippen LogP contribution is -2.57. The van der Waals surface area contributed by atoms with Crippen LogP contribution in [0.15, 0.2) is 28.7 Å². The van der Waals surface area contributed by atoms with Crippen molar-refractivity contribution in [1.82, 2.24) is 10.6 Å². The molecule has 1 heterocycles. The summed E-state index contributed by atoms with van der Waals surface area (Å²) >= 11 is 3.44. The van der Waals surface area contributed by atoms with E-state index in [9.17, 15) is 4.79 Å². The number of nitrogens with one attached hydrogen (secondary N) is 2. The van der Waals surface area contributed by atoms with Gasteiger partial charge in [-0.05, 0) is 56.8 Å². The molecule has 0 saturated carbocycles. The molecule has 1 aliphatic rings. The van der Waals surface area contributed by atoms with Crippen molar-refractivity contribution in [2.45, 2.75) is 51.1 Å². The van der Waals surface area contributed by atoms with E-state index in [4.69, 9.17) is 0 Å². The molecule has 1 aliphatic heterocycles. The standard InChI is InChI=1S/C16H23BrN2O/c1-3-14(12-6-8-13(17)9-7-12)19-15(20)16(2)10-4-5-11-18-16/h6-9,14,18H,3-5,10-11H2,1-2H3,(H,19,20). The van der Waals surface area contributed by atoms with Crippen LogP contribution in [0.1, 0.15) is 51.1 Å². The van der Waals surface area contributed by atoms with E-state index in [1.165, 1.54) is 0 Å². The van der Waals surface area contributed by atoms with E-state index in [0.717, 1.165) is 42.3 Å². The van der Waals surface area contributed by atoms with Crippen molar-refractivity contribution in [3.05, 3.63) is 34.3 Å². The Morgan fingerprint density at radius 2 is 2.10 bits per heavy atom. The molecule has 4 heteroatoms. The second-order valence-corrected chi connectivity index (χ2v) is 6.62. The summed E-state index contributed by atoms with van der Waals surface area (Å²) < 4.78 is 1.06. The summed E-state index contributed by atoms with van der Waals surface area (Å²) in [5.74, 6) is 0.118. The predicted molar refractivity (Wildman–Crippen MR) is 85.6 cm³/mol. The summed E-state index contributed by atoms with van der Waals surface area (Å²) in [6.07, 6.45) is 4.08. The van der Waals surface area contributed by atoms with Gasteiger partial charge in [-0.1, -0.05) is 35.0 Å². The Labute approximate surface area is 129 Å². The molecule has 3 nitrogen and oxygen atoms in total. The van der Waals surface area contributed by atoms with Crippen molar-refractivity contribution < 1.29 is 4.79 Å². The van der Waals surface area contributed by atoms with Crippen LogP contribution in [0.2, 0.25) is 0 Å². The number of rotatable bonds is 4. The minimum absolute atomic E-state index is 0.0798. The lowest BCUT2D eigenvalue weighted by atomic mass is 9.89. The molecule has 0 aromatic heterocycles. The molecule has 0 spiro atoms. The number of hydrogen-bond acceptors (Lipinski definition) is 2. The van der Waals surface area contributed by atoms with Crippen LogP contribution >= 0.6 is 15.9 Å². The fraction of sp³-hybridized carbons (Fsp3) is 0.562. The van der Waals surface area contributed by atoms with Gasteiger partial charge in [-0.25, -0.2) is 0 Å². The summed E-state index contributed by atoms with van der Waals surface area (Å²) in [5.41, 5.74) is 0.740. The molecule has 110 valence electrons. The van der Waals surface area contributed by atoms with Crippen LogP contribution in [0.5, 0.6) is 0 Å². The van der Waals surface area contributed by atoms with Gasteiger partial charge in [0.25, 0.3) is 0 Å². The van der Waals surface area contributed by atoms with Crippen LogP contribution in [0, 0.1) is 0 Å². The Morgan fingerprint density at radius 1 is 1.40 bits per heavy atom. The molecule has 1 amide bonds. The third kappa shape index (κ3) is 3.61. The van der Waals surface area contributed by atoms with Gasteiger partial charge in [0.2, 0.25) is 5.91 Å². The highest BCUT2D eigenvalue weighted by molar-refractivity contribution is 9.10. The summed E-state index contributed by atoms with van der Waals surface area (Å²) in [6.45, 7) is 5.04. The minimum atomic E-state index is -0.416. The Balaban J connectivity index is 2.05. The number of hydrogen-bond donors (Lipinski definition) is 2. The molecule has 2 rings (SSSR count). The summed E-state index contributed by atoms with van der Waals surface area (Å²) in [4.78, 5) is 12.5. The Bertz CT molecular complexity index is 452. The van der Waals surface area contributed by atoms with Gasteiger partial charge in [0.15, 0.2) is 0 Å². The van der Waals surface area contributed by atoms with Crippen LogP contribution in [0.25, 0.3) is 0 Å². The van der Waals surface area contributed by atoms with Gasteiger partial charge >= 0.3 is 0 Å². The zero-order valence-electron chi connectivity index (χ0n) is 12.2. The lowest BCUT2D eigenvalue weighted by molar-refractivity contribution is -0.128. The predicted octanol–water partition coefficient (Wildman–Crippen LogP) is 3.55. The summed E-state index contributed by atoms with van der Waals surface area (Å²) in [7, 11) is 0. The highest BCUT2D eigenvalue weighted by atomic mass is 79.9. The van der Waals surface area contributed by atoms with E-state index in [2.05, 4.69) is 45.6 Å². The van der Waals surface area contributed by atoms with E-state index in [1.807, 2.05) is 19.1 Å². The Morgan fingerprint density at radius 3 is 2.65 bits per heavy atom. The third-order valence-electron chi connectivity index (χ3n) is 4.11. The largest absolute Gasteiger partial charge is 0.348 e. The first kappa shape index (κ1) is 15.5. The average Bonchev–Trinajstić information content (AvgIpc) is 2.46. The van der Waals surface area contributed by atoms with Crippen molar-refractivity contribution in [2.75, 3.05) is 6.54 Å². The van der Waals surface area contributed by atoms with Crippen molar-refractivity contribution in [3.63, 3.8) is 0 Å². The fourth-order valence-corrected chi connectivity index (χ4v) is 2.95. The monoisotopic (exact) mass is 338 g/mol. The van der Waals surface area contributed by atoms with E-state index in [0.29, 0.717) is 0 Å². The topological polar surface area (TPSA) is 41.1 Å². The molecule has 2 unspecified atom stereocenters. The van der Waals surface area contributed by atoms with E-state index < -0.39 is 5.54 Å². The molecule has 0 aliphatic carbocycles. The third-order valence-corrected chi connectivity index (χ3v) is 4.63. The maximum atomic E-state index is 12.5. The van der Waals surface area contributed by atoms with E-state index >= 15 is 0 Å². The molecule has 0 radical (unpaired) electrons. The van der Waals surface area contributed by atoms with Gasteiger partial charge in [-0.2, -0.15) is 0 Å². The number of benzene rings is 1. The molecular formula is C16H23BrN2O. The van der Waals surface area contributed by atoms with Crippen LogP contribution in [0.3, 0.4) is 0 Å². The first-order chi connectivity index (χ1) is 9.55. The highest BCUT2D eigenvalue weighted by Crippen LogP contribution is 2.23. The molecule has 20 heavy (non-hydrogen) atoms. The van der Waals surface area contributed by atoms with E-state index in [1.54, 1.807) is 0 Å². The quantitative estimate of drug-likeness (QED) is 0.881. The zero-order chi connectivity index (χ0) is 14.6. The molecule has 1 fully saturated rings. The second-order valence-electron chi connectivity index (χ2n) is 5.70. The first-order valence-electron chi connectivity index (χ1n) is 7.36. The van der Waals surface area contributed by atoms with Gasteiger partial charge in [-0.3, -0.25) is 4.79 Å². The van der Waals surface area contributed by atoms with E-state index in [-0.39, 0.29) is 11.9 Å². The van der Waals surface area contributed by atoms with Crippen molar-refractivity contribution >= 4 is 21.8 Å². The number of piperidine rings is 1. The minimum Gasteiger partial charge on any atom is -0.348 e. The normalized spacial score (nSPS) is 24.1. The average molecular weight is 339 g/mol. The molecule has 1 aromatic carbocycles.